The van der Waals surface area contributed by atoms with Crippen LogP contribution in [0.2, 0.25) is 0 Å². The Kier molecular flexibility index (Phi) is 9.01. The number of nitrogen functional groups attached to an aromatic ring is 2. The summed E-state index contributed by atoms with van der Waals surface area (Å²) in [6, 6.07) is 2.51. The van der Waals surface area contributed by atoms with E-state index in [9.17, 15) is 39.5 Å². The Balaban J connectivity index is 0.00000400. The van der Waals surface area contributed by atoms with Crippen molar-refractivity contribution in [2.24, 2.45) is 0 Å². The molecule has 19 nitrogen and oxygen atoms in total. The lowest BCUT2D eigenvalue weighted by atomic mass is 10.1. The monoisotopic (exact) mass is 566 g/mol. The predicted molar refractivity (Wildman–Crippen MR) is 125 cm³/mol. The van der Waals surface area contributed by atoms with Crippen molar-refractivity contribution in [3.63, 3.8) is 0 Å². The van der Waals surface area contributed by atoms with E-state index in [-0.39, 0.29) is 17.8 Å². The molecule has 1 unspecified atom stereocenters. The number of aromatic nitrogens is 4. The third-order valence-corrected chi connectivity index (χ3v) is 6.72. The lowest BCUT2D eigenvalue weighted by Gasteiger charge is -2.23. The Morgan fingerprint density at radius 1 is 0.921 bits per heavy atom. The smallest absolute Gasteiger partial charge is 0.394 e. The van der Waals surface area contributed by atoms with E-state index < -0.39 is 81.5 Å². The average molecular weight is 566 g/mol. The van der Waals surface area contributed by atoms with E-state index in [1.807, 2.05) is 0 Å². The maximum absolute atomic E-state index is 12.6. The number of hydrogen-bond donors (Lipinski definition) is 8. The molecule has 2 aliphatic rings. The molecular formula is C18H29N7O12P+. The highest BCUT2D eigenvalue weighted by Gasteiger charge is 2.50. The van der Waals surface area contributed by atoms with Crippen molar-refractivity contribution in [3.05, 3.63) is 45.5 Å². The van der Waals surface area contributed by atoms with Crippen LogP contribution in [0.3, 0.4) is 0 Å². The number of ether oxygens (including phenoxy) is 2. The number of phosphoric acid groups is 1. The van der Waals surface area contributed by atoms with Gasteiger partial charge < -0.3 is 52.4 Å². The van der Waals surface area contributed by atoms with Crippen LogP contribution in [0.5, 0.6) is 0 Å². The normalized spacial score (nSPS) is 32.6. The fourth-order valence-electron chi connectivity index (χ4n) is 3.91. The standard InChI is InChI=1S/C18H25N6O12P.H3N/c19-9-1-3-23(17(29)21-9)15-12(27)11(26)8(35-15)6-33-37(31,32)36-14-7(5-25)34-16(13(14)28)24-4-2-10(20)22-18(24)30;/h1-4,7-8,11-16,25-28H,5-6H2,(H,31,32)(H2,19,21,29)(H2,20,22,30);1H3/p+1/t7-,8-,11-,12-,13-,14-,15-,16-;/m1./s1. The van der Waals surface area contributed by atoms with E-state index in [1.54, 1.807) is 0 Å². The van der Waals surface area contributed by atoms with E-state index in [4.69, 9.17) is 30.0 Å². The molecular weight excluding hydrogens is 537 g/mol. The summed E-state index contributed by atoms with van der Waals surface area (Å²) in [6.07, 6.45) is -9.86. The maximum atomic E-state index is 12.6. The van der Waals surface area contributed by atoms with Crippen LogP contribution in [0.15, 0.2) is 34.1 Å². The minimum Gasteiger partial charge on any atom is -0.394 e. The molecule has 20 heteroatoms. The summed E-state index contributed by atoms with van der Waals surface area (Å²) in [4.78, 5) is 41.3. The summed E-state index contributed by atoms with van der Waals surface area (Å²) in [5, 5.41) is 40.8. The van der Waals surface area contributed by atoms with Crippen LogP contribution in [0, 0.1) is 0 Å². The van der Waals surface area contributed by atoms with Crippen LogP contribution in [0.25, 0.3) is 0 Å². The molecule has 0 saturated carbocycles. The number of aliphatic hydroxyl groups excluding tert-OH is 4. The fraction of sp³-hybridized carbons (Fsp3) is 0.556. The average Bonchev–Trinajstić information content (AvgIpc) is 3.28. The highest BCUT2D eigenvalue weighted by molar-refractivity contribution is 7.47. The minimum atomic E-state index is -5.02. The molecule has 38 heavy (non-hydrogen) atoms. The van der Waals surface area contributed by atoms with Crippen molar-refractivity contribution in [2.75, 3.05) is 24.7 Å². The van der Waals surface area contributed by atoms with Gasteiger partial charge in [-0.3, -0.25) is 18.2 Å². The van der Waals surface area contributed by atoms with Crippen LogP contribution < -0.4 is 29.0 Å². The second-order valence-electron chi connectivity index (χ2n) is 8.20. The van der Waals surface area contributed by atoms with E-state index in [0.29, 0.717) is 0 Å². The molecule has 4 heterocycles. The molecule has 2 fully saturated rings. The number of hydrogen-bond acceptors (Lipinski definition) is 15. The number of quaternary nitrogens is 1. The van der Waals surface area contributed by atoms with E-state index in [1.165, 1.54) is 24.5 Å². The molecule has 9 atom stereocenters. The van der Waals surface area contributed by atoms with Gasteiger partial charge in [-0.2, -0.15) is 9.97 Å². The molecule has 0 aromatic carbocycles. The summed E-state index contributed by atoms with van der Waals surface area (Å²) >= 11 is 0. The van der Waals surface area contributed by atoms with E-state index >= 15 is 0 Å². The van der Waals surface area contributed by atoms with Gasteiger partial charge in [0.2, 0.25) is 0 Å². The van der Waals surface area contributed by atoms with Gasteiger partial charge in [0, 0.05) is 12.4 Å². The third-order valence-electron chi connectivity index (χ3n) is 5.73. The summed E-state index contributed by atoms with van der Waals surface area (Å²) in [5.74, 6) is -0.165. The van der Waals surface area contributed by atoms with Gasteiger partial charge in [-0.15, -0.1) is 0 Å². The highest BCUT2D eigenvalue weighted by atomic mass is 31.2. The van der Waals surface area contributed by atoms with E-state index in [2.05, 4.69) is 9.97 Å². The van der Waals surface area contributed by atoms with Crippen molar-refractivity contribution < 1.29 is 48.4 Å². The number of phosphoric ester groups is 1. The van der Waals surface area contributed by atoms with Crippen molar-refractivity contribution >= 4 is 19.5 Å². The molecule has 2 aromatic rings. The lowest BCUT2D eigenvalue weighted by molar-refractivity contribution is -0.0614. The summed E-state index contributed by atoms with van der Waals surface area (Å²) in [6.45, 7) is -1.56. The minimum absolute atomic E-state index is 0. The Morgan fingerprint density at radius 2 is 1.42 bits per heavy atom. The first-order valence-corrected chi connectivity index (χ1v) is 12.2. The highest BCUT2D eigenvalue weighted by Crippen LogP contribution is 2.49. The zero-order chi connectivity index (χ0) is 27.1. The van der Waals surface area contributed by atoms with Crippen LogP contribution >= 0.6 is 7.82 Å². The van der Waals surface area contributed by atoms with Gasteiger partial charge in [-0.25, -0.2) is 14.2 Å². The Hall–Kier alpha value is -2.81. The summed E-state index contributed by atoms with van der Waals surface area (Å²) in [7, 11) is -5.02. The van der Waals surface area contributed by atoms with Crippen molar-refractivity contribution in [1.29, 1.82) is 0 Å². The molecule has 2 aliphatic heterocycles. The second kappa shape index (κ2) is 11.5. The Labute approximate surface area is 213 Å². The molecule has 2 saturated heterocycles. The first-order chi connectivity index (χ1) is 17.4. The molecule has 0 spiro atoms. The zero-order valence-electron chi connectivity index (χ0n) is 19.8. The quantitative estimate of drug-likeness (QED) is 0.143. The van der Waals surface area contributed by atoms with Crippen molar-refractivity contribution in [3.8, 4) is 0 Å². The molecule has 4 rings (SSSR count). The van der Waals surface area contributed by atoms with E-state index in [0.717, 1.165) is 9.13 Å². The largest absolute Gasteiger partial charge is 0.472 e. The third kappa shape index (κ3) is 5.92. The SMILES string of the molecule is Nc1ccn([C@@H]2O[C@H](COP(=O)(O)O[C@H]3[C@@H](O)[C@H](n4ccc(N)nc4=O)O[C@@H]3CO)[C@@H](O)[C@H]2O)c(=O)n1.[NH4+]. The molecule has 0 amide bonds. The van der Waals surface area contributed by atoms with Crippen LogP contribution in [0.1, 0.15) is 12.5 Å². The van der Waals surface area contributed by atoms with Crippen LogP contribution in [-0.4, -0.2) is 94.3 Å². The topological polar surface area (TPSA) is 313 Å². The number of anilines is 2. The van der Waals surface area contributed by atoms with Gasteiger partial charge in [0.1, 0.15) is 48.3 Å². The van der Waals surface area contributed by atoms with Gasteiger partial charge in [-0.1, -0.05) is 0 Å². The number of aliphatic hydroxyl groups is 4. The van der Waals surface area contributed by atoms with Crippen LogP contribution in [-0.2, 0) is 23.1 Å². The summed E-state index contributed by atoms with van der Waals surface area (Å²) in [5.41, 5.74) is 9.10. The molecule has 13 N–H and O–H groups in total. The van der Waals surface area contributed by atoms with Gasteiger partial charge >= 0.3 is 19.2 Å². The number of rotatable bonds is 8. The van der Waals surface area contributed by atoms with Crippen molar-refractivity contribution in [2.45, 2.75) is 49.1 Å². The maximum Gasteiger partial charge on any atom is 0.472 e. The van der Waals surface area contributed by atoms with Crippen molar-refractivity contribution in [1.82, 2.24) is 25.3 Å². The van der Waals surface area contributed by atoms with Gasteiger partial charge in [0.05, 0.1) is 13.2 Å². The zero-order valence-corrected chi connectivity index (χ0v) is 20.7. The molecule has 0 radical (unpaired) electrons. The first kappa shape index (κ1) is 29.7. The lowest BCUT2D eigenvalue weighted by Crippen LogP contribution is -2.38. The predicted octanol–water partition coefficient (Wildman–Crippen LogP) is -3.59. The molecule has 212 valence electrons. The second-order valence-corrected chi connectivity index (χ2v) is 9.61. The Bertz CT molecular complexity index is 1290. The first-order valence-electron chi connectivity index (χ1n) is 10.7. The molecule has 0 bridgehead atoms. The van der Waals surface area contributed by atoms with Gasteiger partial charge in [0.15, 0.2) is 12.5 Å². The van der Waals surface area contributed by atoms with Gasteiger partial charge in [0.25, 0.3) is 0 Å². The summed E-state index contributed by atoms with van der Waals surface area (Å²) < 4.78 is 35.0. The van der Waals surface area contributed by atoms with Gasteiger partial charge in [-0.05, 0) is 12.1 Å². The number of nitrogens with zero attached hydrogens (tertiary/aromatic N) is 4. The van der Waals surface area contributed by atoms with Crippen LogP contribution in [0.4, 0.5) is 11.6 Å². The number of nitrogens with two attached hydrogens (primary N) is 2. The Morgan fingerprint density at radius 3 is 1.92 bits per heavy atom. The molecule has 2 aromatic heterocycles. The fourth-order valence-corrected chi connectivity index (χ4v) is 4.88. The molecule has 0 aliphatic carbocycles.